The second-order valence-corrected chi connectivity index (χ2v) is 7.72. The Morgan fingerprint density at radius 1 is 1.12 bits per heavy atom. The molecule has 4 rings (SSSR count). The van der Waals surface area contributed by atoms with Gasteiger partial charge in [-0.15, -0.1) is 4.40 Å². The number of hydrogen-bond donors (Lipinski definition) is 1. The van der Waals surface area contributed by atoms with Crippen LogP contribution in [0.3, 0.4) is 0 Å². The number of nitrogens with zero attached hydrogens (tertiary/aromatic N) is 2. The van der Waals surface area contributed by atoms with Crippen molar-refractivity contribution in [3.05, 3.63) is 53.1 Å². The minimum Gasteiger partial charge on any atom is -0.496 e. The van der Waals surface area contributed by atoms with Gasteiger partial charge in [-0.25, -0.2) is 0 Å². The summed E-state index contributed by atoms with van der Waals surface area (Å²) in [5.74, 6) is 1.53. The molecule has 2 aliphatic heterocycles. The number of sulfonamides is 1. The zero-order valence-corrected chi connectivity index (χ0v) is 15.2. The van der Waals surface area contributed by atoms with Crippen LogP contribution in [0, 0.1) is 0 Å². The number of rotatable bonds is 2. The summed E-state index contributed by atoms with van der Waals surface area (Å²) in [6, 6.07) is 10.2. The maximum Gasteiger partial charge on any atom is 0.285 e. The van der Waals surface area contributed by atoms with Crippen LogP contribution in [-0.4, -0.2) is 45.0 Å². The zero-order chi connectivity index (χ0) is 18.5. The molecular weight excluding hydrogens is 356 g/mol. The molecule has 0 bridgehead atoms. The van der Waals surface area contributed by atoms with Gasteiger partial charge in [0, 0.05) is 23.2 Å². The van der Waals surface area contributed by atoms with Crippen LogP contribution in [0.4, 0.5) is 0 Å². The van der Waals surface area contributed by atoms with Crippen LogP contribution in [0.25, 0.3) is 0 Å². The molecule has 2 aromatic carbocycles. The predicted molar refractivity (Wildman–Crippen MR) is 95.1 cm³/mol. The van der Waals surface area contributed by atoms with Crippen LogP contribution in [-0.2, 0) is 16.6 Å². The van der Waals surface area contributed by atoms with Gasteiger partial charge in [-0.05, 0) is 24.3 Å². The fraction of sp³-hybridized carbons (Fsp3) is 0.278. The quantitative estimate of drug-likeness (QED) is 0.861. The van der Waals surface area contributed by atoms with Crippen molar-refractivity contribution in [1.29, 1.82) is 0 Å². The maximum absolute atomic E-state index is 12.3. The normalized spacial score (nSPS) is 20.2. The van der Waals surface area contributed by atoms with Crippen LogP contribution in [0.15, 0.2) is 45.7 Å². The van der Waals surface area contributed by atoms with E-state index in [4.69, 9.17) is 9.47 Å². The van der Waals surface area contributed by atoms with Crippen molar-refractivity contribution in [2.24, 2.45) is 4.40 Å². The second-order valence-electron chi connectivity index (χ2n) is 6.14. The molecule has 26 heavy (non-hydrogen) atoms. The topological polar surface area (TPSA) is 88.4 Å². The molecule has 0 saturated heterocycles. The highest BCUT2D eigenvalue weighted by Crippen LogP contribution is 2.40. The van der Waals surface area contributed by atoms with Crippen LogP contribution in [0.1, 0.15) is 22.8 Å². The molecule has 0 unspecified atom stereocenters. The molecule has 0 aliphatic carbocycles. The molecule has 0 aromatic heterocycles. The monoisotopic (exact) mass is 374 g/mol. The van der Waals surface area contributed by atoms with Crippen LogP contribution in [0.2, 0.25) is 0 Å². The third kappa shape index (κ3) is 2.45. The standard InChI is InChI=1S/C18H18N2O5S/c1-24-14-7-8-15(25-2)17-12(14)9-20(10-13(17)21)18-11-5-3-4-6-16(11)26(22,23)19-18/h3-8,13,21H,9-10H2,1-2H3/t13-/m1/s1. The number of hydrogen-bond acceptors (Lipinski definition) is 6. The Balaban J connectivity index is 1.82. The number of aliphatic hydroxyl groups excluding tert-OH is 1. The summed E-state index contributed by atoms with van der Waals surface area (Å²) < 4.78 is 39.4. The minimum absolute atomic E-state index is 0.188. The molecule has 136 valence electrons. The molecule has 2 heterocycles. The van der Waals surface area contributed by atoms with Gasteiger partial charge in [-0.1, -0.05) is 12.1 Å². The first-order chi connectivity index (χ1) is 12.5. The Hall–Kier alpha value is -2.58. The average molecular weight is 374 g/mol. The van der Waals surface area contributed by atoms with Gasteiger partial charge < -0.3 is 19.5 Å². The zero-order valence-electron chi connectivity index (χ0n) is 14.3. The first-order valence-electron chi connectivity index (χ1n) is 8.07. The van der Waals surface area contributed by atoms with E-state index in [1.165, 1.54) is 0 Å². The van der Waals surface area contributed by atoms with Gasteiger partial charge in [0.25, 0.3) is 10.0 Å². The van der Waals surface area contributed by atoms with Gasteiger partial charge in [-0.2, -0.15) is 8.42 Å². The summed E-state index contributed by atoms with van der Waals surface area (Å²) >= 11 is 0. The summed E-state index contributed by atoms with van der Waals surface area (Å²) in [6.45, 7) is 0.564. The smallest absolute Gasteiger partial charge is 0.285 e. The number of ether oxygens (including phenoxy) is 2. The van der Waals surface area contributed by atoms with E-state index in [1.54, 1.807) is 55.5 Å². The molecule has 0 radical (unpaired) electrons. The third-order valence-corrected chi connectivity index (χ3v) is 6.03. The van der Waals surface area contributed by atoms with Gasteiger partial charge in [0.15, 0.2) is 5.84 Å². The number of β-amino-alcohol motifs (C(OH)–C–C–N with tert-alkyl or cyclic N) is 1. The lowest BCUT2D eigenvalue weighted by molar-refractivity contribution is 0.122. The molecule has 1 atom stereocenters. The van der Waals surface area contributed by atoms with Crippen LogP contribution < -0.4 is 9.47 Å². The molecule has 0 amide bonds. The van der Waals surface area contributed by atoms with Crippen molar-refractivity contribution in [2.75, 3.05) is 20.8 Å². The number of benzene rings is 2. The van der Waals surface area contributed by atoms with Gasteiger partial charge in [-0.3, -0.25) is 0 Å². The van der Waals surface area contributed by atoms with Crippen molar-refractivity contribution in [3.63, 3.8) is 0 Å². The van der Waals surface area contributed by atoms with E-state index in [1.807, 2.05) is 0 Å². The van der Waals surface area contributed by atoms with Gasteiger partial charge in [0.1, 0.15) is 22.5 Å². The summed E-state index contributed by atoms with van der Waals surface area (Å²) in [4.78, 5) is 1.95. The molecule has 7 nitrogen and oxygen atoms in total. The SMILES string of the molecule is COc1ccc(OC)c2c1CN(C1=NS(=O)(=O)c3ccccc31)C[C@H]2O. The highest BCUT2D eigenvalue weighted by atomic mass is 32.2. The molecular formula is C18H18N2O5S. The first-order valence-corrected chi connectivity index (χ1v) is 9.51. The number of fused-ring (bicyclic) bond motifs is 2. The molecule has 0 fully saturated rings. The molecule has 2 aromatic rings. The lowest BCUT2D eigenvalue weighted by Crippen LogP contribution is -2.38. The fourth-order valence-corrected chi connectivity index (χ4v) is 4.78. The van der Waals surface area contributed by atoms with E-state index in [-0.39, 0.29) is 11.4 Å². The molecule has 8 heteroatoms. The average Bonchev–Trinajstić information content (AvgIpc) is 2.92. The fourth-order valence-electron chi connectivity index (χ4n) is 3.55. The van der Waals surface area contributed by atoms with Crippen molar-refractivity contribution >= 4 is 15.9 Å². The van der Waals surface area contributed by atoms with Gasteiger partial charge in [0.05, 0.1) is 20.8 Å². The summed E-state index contributed by atoms with van der Waals surface area (Å²) in [6.07, 6.45) is -0.859. The van der Waals surface area contributed by atoms with E-state index in [9.17, 15) is 13.5 Å². The number of methoxy groups -OCH3 is 2. The summed E-state index contributed by atoms with van der Waals surface area (Å²) in [7, 11) is -0.616. The van der Waals surface area contributed by atoms with E-state index in [0.29, 0.717) is 35.0 Å². The van der Waals surface area contributed by atoms with E-state index in [2.05, 4.69) is 4.40 Å². The van der Waals surface area contributed by atoms with Crippen LogP contribution >= 0.6 is 0 Å². The van der Waals surface area contributed by atoms with Crippen LogP contribution in [0.5, 0.6) is 11.5 Å². The van der Waals surface area contributed by atoms with Crippen molar-refractivity contribution in [1.82, 2.24) is 4.90 Å². The maximum atomic E-state index is 12.3. The lowest BCUT2D eigenvalue weighted by atomic mass is 9.94. The first kappa shape index (κ1) is 16.9. The summed E-state index contributed by atoms with van der Waals surface area (Å²) in [5, 5.41) is 10.7. The van der Waals surface area contributed by atoms with Gasteiger partial charge >= 0.3 is 0 Å². The van der Waals surface area contributed by atoms with Crippen molar-refractivity contribution in [3.8, 4) is 11.5 Å². The Morgan fingerprint density at radius 2 is 1.81 bits per heavy atom. The van der Waals surface area contributed by atoms with E-state index in [0.717, 1.165) is 5.56 Å². The number of amidine groups is 1. The largest absolute Gasteiger partial charge is 0.496 e. The Labute approximate surface area is 151 Å². The van der Waals surface area contributed by atoms with Crippen molar-refractivity contribution < 1.29 is 23.0 Å². The predicted octanol–water partition coefficient (Wildman–Crippen LogP) is 1.70. The second kappa shape index (κ2) is 6.00. The number of aliphatic hydroxyl groups is 1. The van der Waals surface area contributed by atoms with Gasteiger partial charge in [0.2, 0.25) is 0 Å². The molecule has 0 spiro atoms. The third-order valence-electron chi connectivity index (χ3n) is 4.70. The van der Waals surface area contributed by atoms with Crippen molar-refractivity contribution in [2.45, 2.75) is 17.5 Å². The Bertz CT molecular complexity index is 1020. The highest BCUT2D eigenvalue weighted by Gasteiger charge is 2.36. The molecule has 2 aliphatic rings. The lowest BCUT2D eigenvalue weighted by Gasteiger charge is -2.35. The van der Waals surface area contributed by atoms with E-state index < -0.39 is 16.1 Å². The molecule has 0 saturated carbocycles. The molecule has 1 N–H and O–H groups in total. The summed E-state index contributed by atoms with van der Waals surface area (Å²) in [5.41, 5.74) is 1.97. The Morgan fingerprint density at radius 3 is 2.54 bits per heavy atom. The minimum atomic E-state index is -3.72. The highest BCUT2D eigenvalue weighted by molar-refractivity contribution is 7.90. The van der Waals surface area contributed by atoms with E-state index >= 15 is 0 Å². The Kier molecular flexibility index (Phi) is 3.89.